The molecule has 2 heterocycles. The number of nitrogens with one attached hydrogen (secondary N) is 1. The molecule has 1 aliphatic rings. The summed E-state index contributed by atoms with van der Waals surface area (Å²) in [5.74, 6) is -1.27. The number of likely N-dealkylation sites (tertiary alicyclic amines) is 1. The van der Waals surface area contributed by atoms with Crippen LogP contribution in [0.4, 0.5) is 0 Å². The number of phenolic OH excluding ortho intramolecular Hbond substituents is 1. The van der Waals surface area contributed by atoms with E-state index >= 15 is 0 Å². The highest BCUT2D eigenvalue weighted by Gasteiger charge is 2.27. The summed E-state index contributed by atoms with van der Waals surface area (Å²) < 4.78 is 10.8. The van der Waals surface area contributed by atoms with Crippen molar-refractivity contribution in [3.8, 4) is 17.2 Å². The van der Waals surface area contributed by atoms with Crippen molar-refractivity contribution < 1.29 is 29.0 Å². The van der Waals surface area contributed by atoms with Gasteiger partial charge in [-0.3, -0.25) is 14.4 Å². The van der Waals surface area contributed by atoms with Gasteiger partial charge in [0.1, 0.15) is 5.76 Å². The maximum Gasteiger partial charge on any atom is 0.227 e. The topological polar surface area (TPSA) is 129 Å². The van der Waals surface area contributed by atoms with E-state index in [0.717, 1.165) is 6.42 Å². The normalized spacial score (nSPS) is 14.5. The number of ether oxygens (including phenoxy) is 1. The Morgan fingerprint density at radius 2 is 2.06 bits per heavy atom. The summed E-state index contributed by atoms with van der Waals surface area (Å²) in [5, 5.41) is 23.0. The summed E-state index contributed by atoms with van der Waals surface area (Å²) in [4.78, 5) is 38.2. The fourth-order valence-electron chi connectivity index (χ4n) is 3.66. The second-order valence-corrected chi connectivity index (χ2v) is 7.46. The smallest absolute Gasteiger partial charge is 0.227 e. The molecule has 166 valence electrons. The number of benzene rings is 1. The van der Waals surface area contributed by atoms with Crippen molar-refractivity contribution in [2.24, 2.45) is 0 Å². The quantitative estimate of drug-likeness (QED) is 0.580. The molecule has 1 saturated heterocycles. The van der Waals surface area contributed by atoms with Gasteiger partial charge in [-0.2, -0.15) is 0 Å². The highest BCUT2D eigenvalue weighted by Crippen LogP contribution is 2.37. The number of amides is 2. The lowest BCUT2D eigenvalue weighted by atomic mass is 9.91. The van der Waals surface area contributed by atoms with Crippen LogP contribution in [0.2, 0.25) is 0 Å². The molecule has 3 rings (SSSR count). The Morgan fingerprint density at radius 1 is 1.29 bits per heavy atom. The van der Waals surface area contributed by atoms with Gasteiger partial charge in [-0.05, 0) is 31.0 Å². The van der Waals surface area contributed by atoms with E-state index in [0.29, 0.717) is 37.4 Å². The molecule has 1 aliphatic heterocycles. The fraction of sp³-hybridized carbons (Fsp3) is 0.409. The SMILES string of the molecule is COc1cc(C(CC(=O)NCCN2CCCC2=O)c2oc(C)cc(=O)c2O)ccc1O. The molecule has 3 N–H and O–H groups in total. The van der Waals surface area contributed by atoms with Crippen molar-refractivity contribution in [1.82, 2.24) is 10.2 Å². The maximum absolute atomic E-state index is 12.7. The number of hydrogen-bond acceptors (Lipinski definition) is 7. The number of carbonyl (C=O) groups excluding carboxylic acids is 2. The molecular formula is C22H26N2O7. The molecule has 0 radical (unpaired) electrons. The van der Waals surface area contributed by atoms with Gasteiger partial charge >= 0.3 is 0 Å². The van der Waals surface area contributed by atoms with E-state index in [9.17, 15) is 24.6 Å². The van der Waals surface area contributed by atoms with Crippen molar-refractivity contribution in [1.29, 1.82) is 0 Å². The van der Waals surface area contributed by atoms with Crippen molar-refractivity contribution in [3.63, 3.8) is 0 Å². The van der Waals surface area contributed by atoms with E-state index in [-0.39, 0.29) is 35.5 Å². The van der Waals surface area contributed by atoms with Crippen LogP contribution in [0.5, 0.6) is 17.2 Å². The maximum atomic E-state index is 12.7. The molecule has 1 unspecified atom stereocenters. The summed E-state index contributed by atoms with van der Waals surface area (Å²) in [7, 11) is 1.39. The van der Waals surface area contributed by atoms with Gasteiger partial charge in [0.25, 0.3) is 0 Å². The van der Waals surface area contributed by atoms with Crippen LogP contribution in [0, 0.1) is 6.92 Å². The zero-order valence-electron chi connectivity index (χ0n) is 17.5. The number of aryl methyl sites for hydroxylation is 1. The van der Waals surface area contributed by atoms with Crippen LogP contribution in [-0.4, -0.2) is 53.7 Å². The Labute approximate surface area is 179 Å². The molecule has 0 saturated carbocycles. The lowest BCUT2D eigenvalue weighted by Gasteiger charge is -2.20. The molecule has 0 bridgehead atoms. The molecule has 2 amide bonds. The molecule has 0 spiro atoms. The zero-order valence-corrected chi connectivity index (χ0v) is 17.5. The first-order valence-electron chi connectivity index (χ1n) is 10.0. The monoisotopic (exact) mass is 430 g/mol. The summed E-state index contributed by atoms with van der Waals surface area (Å²) in [6, 6.07) is 5.67. The molecular weight excluding hydrogens is 404 g/mol. The Balaban J connectivity index is 1.83. The number of methoxy groups -OCH3 is 1. The molecule has 1 aromatic carbocycles. The first-order valence-corrected chi connectivity index (χ1v) is 10.0. The summed E-state index contributed by atoms with van der Waals surface area (Å²) >= 11 is 0. The van der Waals surface area contributed by atoms with E-state index < -0.39 is 17.1 Å². The van der Waals surface area contributed by atoms with Crippen molar-refractivity contribution in [3.05, 3.63) is 51.6 Å². The van der Waals surface area contributed by atoms with E-state index in [2.05, 4.69) is 5.32 Å². The van der Waals surface area contributed by atoms with Gasteiger partial charge in [-0.15, -0.1) is 0 Å². The van der Waals surface area contributed by atoms with Crippen LogP contribution < -0.4 is 15.5 Å². The molecule has 0 aliphatic carbocycles. The molecule has 31 heavy (non-hydrogen) atoms. The number of rotatable bonds is 8. The molecule has 9 heteroatoms. The van der Waals surface area contributed by atoms with Gasteiger partial charge in [-0.1, -0.05) is 6.07 Å². The summed E-state index contributed by atoms with van der Waals surface area (Å²) in [6.07, 6.45) is 1.23. The van der Waals surface area contributed by atoms with Gasteiger partial charge in [0.05, 0.1) is 13.0 Å². The largest absolute Gasteiger partial charge is 0.504 e. The van der Waals surface area contributed by atoms with Crippen molar-refractivity contribution in [2.75, 3.05) is 26.7 Å². The average molecular weight is 430 g/mol. The van der Waals surface area contributed by atoms with Crippen LogP contribution >= 0.6 is 0 Å². The number of carbonyl (C=O) groups is 2. The first-order chi connectivity index (χ1) is 14.8. The van der Waals surface area contributed by atoms with E-state index in [1.165, 1.54) is 25.3 Å². The summed E-state index contributed by atoms with van der Waals surface area (Å²) in [5.41, 5.74) is -0.0917. The predicted octanol–water partition coefficient (Wildman–Crippen LogP) is 1.63. The van der Waals surface area contributed by atoms with Crippen LogP contribution in [0.3, 0.4) is 0 Å². The molecule has 1 atom stereocenters. The number of nitrogens with zero attached hydrogens (tertiary/aromatic N) is 1. The Kier molecular flexibility index (Phi) is 6.84. The van der Waals surface area contributed by atoms with E-state index in [1.54, 1.807) is 17.9 Å². The third-order valence-electron chi connectivity index (χ3n) is 5.26. The average Bonchev–Trinajstić information content (AvgIpc) is 3.14. The zero-order chi connectivity index (χ0) is 22.5. The second kappa shape index (κ2) is 9.55. The third kappa shape index (κ3) is 5.17. The van der Waals surface area contributed by atoms with Crippen LogP contribution in [0.15, 0.2) is 33.5 Å². The molecule has 1 fully saturated rings. The van der Waals surface area contributed by atoms with Gasteiger partial charge in [0, 0.05) is 38.5 Å². The van der Waals surface area contributed by atoms with E-state index in [4.69, 9.17) is 9.15 Å². The van der Waals surface area contributed by atoms with E-state index in [1.807, 2.05) is 0 Å². The van der Waals surface area contributed by atoms with Crippen molar-refractivity contribution in [2.45, 2.75) is 32.1 Å². The lowest BCUT2D eigenvalue weighted by Crippen LogP contribution is -2.36. The van der Waals surface area contributed by atoms with Crippen LogP contribution in [0.1, 0.15) is 42.3 Å². The first kappa shape index (κ1) is 22.2. The summed E-state index contributed by atoms with van der Waals surface area (Å²) in [6.45, 7) is 2.98. The molecule has 2 aromatic rings. The number of phenols is 1. The molecule has 9 nitrogen and oxygen atoms in total. The highest BCUT2D eigenvalue weighted by molar-refractivity contribution is 5.79. The predicted molar refractivity (Wildman–Crippen MR) is 111 cm³/mol. The number of aromatic hydroxyl groups is 2. The van der Waals surface area contributed by atoms with Crippen LogP contribution in [0.25, 0.3) is 0 Å². The van der Waals surface area contributed by atoms with Gasteiger partial charge < -0.3 is 29.6 Å². The Morgan fingerprint density at radius 3 is 2.74 bits per heavy atom. The van der Waals surface area contributed by atoms with Gasteiger partial charge in [-0.25, -0.2) is 0 Å². The standard InChI is InChI=1S/C22H26N2O7/c1-13-10-17(26)21(29)22(31-13)15(14-5-6-16(25)18(11-14)30-2)12-19(27)23-7-9-24-8-3-4-20(24)28/h5-6,10-11,15,25,29H,3-4,7-9,12H2,1-2H3,(H,23,27). The lowest BCUT2D eigenvalue weighted by molar-refractivity contribution is -0.128. The Hall–Kier alpha value is -3.49. The fourth-order valence-corrected chi connectivity index (χ4v) is 3.66. The number of hydrogen-bond donors (Lipinski definition) is 3. The van der Waals surface area contributed by atoms with Gasteiger partial charge in [0.2, 0.25) is 23.0 Å². The third-order valence-corrected chi connectivity index (χ3v) is 5.26. The minimum absolute atomic E-state index is 0.0392. The minimum atomic E-state index is -0.796. The molecule has 1 aromatic heterocycles. The van der Waals surface area contributed by atoms with Gasteiger partial charge in [0.15, 0.2) is 17.3 Å². The Bertz CT molecular complexity index is 1030. The van der Waals surface area contributed by atoms with Crippen molar-refractivity contribution >= 4 is 11.8 Å². The second-order valence-electron chi connectivity index (χ2n) is 7.46. The van der Waals surface area contributed by atoms with Crippen LogP contribution in [-0.2, 0) is 9.59 Å². The minimum Gasteiger partial charge on any atom is -0.504 e. The highest BCUT2D eigenvalue weighted by atomic mass is 16.5.